The summed E-state index contributed by atoms with van der Waals surface area (Å²) in [7, 11) is 0. The molecule has 0 aromatic heterocycles. The van der Waals surface area contributed by atoms with E-state index in [1.807, 2.05) is 38.1 Å². The lowest BCUT2D eigenvalue weighted by atomic mass is 9.96. The van der Waals surface area contributed by atoms with Crippen LogP contribution in [0.4, 0.5) is 0 Å². The van der Waals surface area contributed by atoms with Crippen LogP contribution in [0, 0.1) is 12.8 Å². The average Bonchev–Trinajstić information content (AvgIpc) is 3.22. The maximum absolute atomic E-state index is 11.9. The van der Waals surface area contributed by atoms with E-state index in [9.17, 15) is 4.79 Å². The average molecular weight is 262 g/mol. The van der Waals surface area contributed by atoms with Crippen molar-refractivity contribution in [3.63, 3.8) is 0 Å². The number of benzene rings is 1. The summed E-state index contributed by atoms with van der Waals surface area (Å²) >= 11 is 0. The van der Waals surface area contributed by atoms with Gasteiger partial charge in [-0.05, 0) is 44.7 Å². The van der Waals surface area contributed by atoms with Gasteiger partial charge in [-0.1, -0.05) is 17.7 Å². The number of carbonyl (C=O) groups excluding carboxylic acids is 1. The van der Waals surface area contributed by atoms with Crippen LogP contribution >= 0.6 is 0 Å². The Morgan fingerprint density at radius 1 is 1.42 bits per heavy atom. The minimum absolute atomic E-state index is 0.0331. The first-order chi connectivity index (χ1) is 9.03. The van der Waals surface area contributed by atoms with E-state index in [0.717, 1.165) is 12.8 Å². The number of nitrogens with one attached hydrogen (secondary N) is 1. The van der Waals surface area contributed by atoms with Crippen LogP contribution in [0.3, 0.4) is 0 Å². The van der Waals surface area contributed by atoms with Crippen molar-refractivity contribution in [3.8, 4) is 5.75 Å². The first-order valence-electron chi connectivity index (χ1n) is 6.74. The molecular weight excluding hydrogens is 240 g/mol. The maximum Gasteiger partial charge on any atom is 0.258 e. The molecule has 4 nitrogen and oxygen atoms in total. The third-order valence-electron chi connectivity index (χ3n) is 3.72. The molecule has 0 heterocycles. The molecule has 1 aliphatic carbocycles. The molecule has 1 fully saturated rings. The quantitative estimate of drug-likeness (QED) is 0.818. The van der Waals surface area contributed by atoms with Crippen molar-refractivity contribution >= 4 is 5.91 Å². The van der Waals surface area contributed by atoms with E-state index in [-0.39, 0.29) is 18.1 Å². The third-order valence-corrected chi connectivity index (χ3v) is 3.72. The van der Waals surface area contributed by atoms with Crippen LogP contribution in [0.2, 0.25) is 0 Å². The van der Waals surface area contributed by atoms with E-state index in [0.29, 0.717) is 18.2 Å². The van der Waals surface area contributed by atoms with Crippen molar-refractivity contribution in [2.24, 2.45) is 11.7 Å². The Hall–Kier alpha value is -1.55. The van der Waals surface area contributed by atoms with Crippen LogP contribution in [0.5, 0.6) is 5.75 Å². The molecule has 4 heteroatoms. The lowest BCUT2D eigenvalue weighted by molar-refractivity contribution is -0.125. The highest BCUT2D eigenvalue weighted by Crippen LogP contribution is 2.38. The fourth-order valence-corrected chi connectivity index (χ4v) is 2.18. The molecule has 104 valence electrons. The minimum Gasteiger partial charge on any atom is -0.484 e. The second-order valence-corrected chi connectivity index (χ2v) is 5.55. The molecule has 0 spiro atoms. The Morgan fingerprint density at radius 3 is 2.58 bits per heavy atom. The second kappa shape index (κ2) is 5.61. The Labute approximate surface area is 114 Å². The zero-order valence-electron chi connectivity index (χ0n) is 11.6. The predicted molar refractivity (Wildman–Crippen MR) is 75.0 cm³/mol. The van der Waals surface area contributed by atoms with Gasteiger partial charge < -0.3 is 15.8 Å². The number of ether oxygens (including phenoxy) is 1. The van der Waals surface area contributed by atoms with Crippen molar-refractivity contribution in [1.29, 1.82) is 0 Å². The van der Waals surface area contributed by atoms with Gasteiger partial charge in [-0.25, -0.2) is 0 Å². The molecule has 2 rings (SSSR count). The normalized spacial score (nSPS) is 17.6. The van der Waals surface area contributed by atoms with Gasteiger partial charge in [0.2, 0.25) is 0 Å². The number of aryl methyl sites for hydroxylation is 1. The van der Waals surface area contributed by atoms with Crippen molar-refractivity contribution in [2.45, 2.75) is 32.2 Å². The van der Waals surface area contributed by atoms with Crippen LogP contribution in [0.15, 0.2) is 24.3 Å². The van der Waals surface area contributed by atoms with Gasteiger partial charge in [0, 0.05) is 6.54 Å². The molecule has 1 aliphatic rings. The van der Waals surface area contributed by atoms with Gasteiger partial charge in [0.25, 0.3) is 5.91 Å². The number of rotatable bonds is 6. The first kappa shape index (κ1) is 13.9. The van der Waals surface area contributed by atoms with Gasteiger partial charge in [-0.3, -0.25) is 4.79 Å². The highest BCUT2D eigenvalue weighted by molar-refractivity contribution is 5.78. The van der Waals surface area contributed by atoms with Crippen LogP contribution in [0.1, 0.15) is 25.3 Å². The molecule has 19 heavy (non-hydrogen) atoms. The van der Waals surface area contributed by atoms with Crippen LogP contribution < -0.4 is 15.8 Å². The molecule has 1 saturated carbocycles. The molecule has 0 bridgehead atoms. The number of amides is 1. The Bertz CT molecular complexity index is 440. The first-order valence-corrected chi connectivity index (χ1v) is 6.74. The maximum atomic E-state index is 11.9. The summed E-state index contributed by atoms with van der Waals surface area (Å²) in [5.74, 6) is 1.11. The van der Waals surface area contributed by atoms with Crippen molar-refractivity contribution in [1.82, 2.24) is 5.32 Å². The van der Waals surface area contributed by atoms with Crippen LogP contribution in [-0.2, 0) is 4.79 Å². The van der Waals surface area contributed by atoms with E-state index in [4.69, 9.17) is 10.5 Å². The molecule has 1 atom stereocenters. The summed E-state index contributed by atoms with van der Waals surface area (Å²) in [6.07, 6.45) is 2.29. The highest BCUT2D eigenvalue weighted by atomic mass is 16.5. The smallest absolute Gasteiger partial charge is 0.258 e. The van der Waals surface area contributed by atoms with Gasteiger partial charge in [0.1, 0.15) is 5.75 Å². The molecular formula is C15H22N2O2. The van der Waals surface area contributed by atoms with Crippen molar-refractivity contribution in [2.75, 3.05) is 13.2 Å². The van der Waals surface area contributed by atoms with Crippen LogP contribution in [0.25, 0.3) is 0 Å². The summed E-state index contributed by atoms with van der Waals surface area (Å²) in [5.41, 5.74) is 6.65. The minimum atomic E-state index is -0.284. The van der Waals surface area contributed by atoms with Crippen LogP contribution in [-0.4, -0.2) is 24.6 Å². The summed E-state index contributed by atoms with van der Waals surface area (Å²) in [5, 5.41) is 3.00. The molecule has 0 saturated heterocycles. The number of nitrogens with two attached hydrogens (primary N) is 1. The molecule has 1 amide bonds. The monoisotopic (exact) mass is 262 g/mol. The lowest BCUT2D eigenvalue weighted by Gasteiger charge is -2.29. The Morgan fingerprint density at radius 2 is 2.05 bits per heavy atom. The van der Waals surface area contributed by atoms with E-state index in [2.05, 4.69) is 5.32 Å². The van der Waals surface area contributed by atoms with Gasteiger partial charge in [-0.2, -0.15) is 0 Å². The summed E-state index contributed by atoms with van der Waals surface area (Å²) in [6.45, 7) is 4.52. The molecule has 3 N–H and O–H groups in total. The summed E-state index contributed by atoms with van der Waals surface area (Å²) in [4.78, 5) is 11.9. The molecule has 0 aliphatic heterocycles. The van der Waals surface area contributed by atoms with E-state index in [1.165, 1.54) is 5.56 Å². The fraction of sp³-hybridized carbons (Fsp3) is 0.533. The number of carbonyl (C=O) groups is 1. The molecule has 1 unspecified atom stereocenters. The Balaban J connectivity index is 1.82. The molecule has 0 radical (unpaired) electrons. The van der Waals surface area contributed by atoms with Gasteiger partial charge >= 0.3 is 0 Å². The number of hydrogen-bond donors (Lipinski definition) is 2. The van der Waals surface area contributed by atoms with Crippen molar-refractivity contribution in [3.05, 3.63) is 29.8 Å². The molecule has 1 aromatic rings. The van der Waals surface area contributed by atoms with Gasteiger partial charge in [-0.15, -0.1) is 0 Å². The zero-order valence-corrected chi connectivity index (χ0v) is 11.6. The standard InChI is InChI=1S/C15H22N2O2/c1-11-3-7-13(8-4-11)19-9-14(18)17-15(2,10-16)12-5-6-12/h3-4,7-8,12H,5-6,9-10,16H2,1-2H3,(H,17,18). The number of hydrogen-bond acceptors (Lipinski definition) is 3. The highest BCUT2D eigenvalue weighted by Gasteiger charge is 2.41. The summed E-state index contributed by atoms with van der Waals surface area (Å²) in [6, 6.07) is 7.65. The fourth-order valence-electron chi connectivity index (χ4n) is 2.18. The largest absolute Gasteiger partial charge is 0.484 e. The SMILES string of the molecule is Cc1ccc(OCC(=O)NC(C)(CN)C2CC2)cc1. The topological polar surface area (TPSA) is 64.3 Å². The van der Waals surface area contributed by atoms with Gasteiger partial charge in [0.15, 0.2) is 6.61 Å². The lowest BCUT2D eigenvalue weighted by Crippen LogP contribution is -2.54. The van der Waals surface area contributed by atoms with Gasteiger partial charge in [0.05, 0.1) is 5.54 Å². The second-order valence-electron chi connectivity index (χ2n) is 5.55. The molecule has 1 aromatic carbocycles. The van der Waals surface area contributed by atoms with E-state index < -0.39 is 0 Å². The third kappa shape index (κ3) is 3.70. The summed E-state index contributed by atoms with van der Waals surface area (Å²) < 4.78 is 5.46. The predicted octanol–water partition coefficient (Wildman–Crippen LogP) is 1.62. The van der Waals surface area contributed by atoms with Crippen molar-refractivity contribution < 1.29 is 9.53 Å². The Kier molecular flexibility index (Phi) is 4.10. The van der Waals surface area contributed by atoms with E-state index in [1.54, 1.807) is 0 Å². The van der Waals surface area contributed by atoms with E-state index >= 15 is 0 Å². The zero-order chi connectivity index (χ0) is 13.9.